The molecule has 1 aliphatic heterocycles. The maximum Gasteiger partial charge on any atom is 0.135 e. The van der Waals surface area contributed by atoms with Crippen LogP contribution in [-0.2, 0) is 0 Å². The molecule has 3 aromatic heterocycles. The smallest absolute Gasteiger partial charge is 0.135 e. The summed E-state index contributed by atoms with van der Waals surface area (Å²) in [7, 11) is 0. The molecular formula is C44H33NO2S2. The Kier molecular flexibility index (Phi) is 7.72. The van der Waals surface area contributed by atoms with Gasteiger partial charge in [-0.3, -0.25) is 0 Å². The van der Waals surface area contributed by atoms with Gasteiger partial charge >= 0.3 is 0 Å². The van der Waals surface area contributed by atoms with E-state index in [-0.39, 0.29) is 0 Å². The average molecular weight is 672 g/mol. The van der Waals surface area contributed by atoms with Gasteiger partial charge in [0.15, 0.2) is 0 Å². The van der Waals surface area contributed by atoms with Crippen LogP contribution in [0.5, 0.6) is 0 Å². The van der Waals surface area contributed by atoms with Crippen molar-refractivity contribution in [2.75, 3.05) is 0 Å². The number of hydrogen-bond donors (Lipinski definition) is 1. The van der Waals surface area contributed by atoms with Gasteiger partial charge in [-0.15, -0.1) is 23.1 Å². The van der Waals surface area contributed by atoms with Crippen LogP contribution in [0.2, 0.25) is 0 Å². The number of allylic oxidation sites excluding steroid dienone is 7. The topological polar surface area (TPSA) is 38.3 Å². The third kappa shape index (κ3) is 5.79. The standard InChI is InChI=1S/C44H33NO2S2/c1-2-31(8-7-9-33-20-23-43(48-33)29-16-21-40-36(26-29)34-10-3-5-12-38(34)46-40)45-32-18-14-28(15-19-32)42-24-25-44(49-42)30-17-22-41-37(27-30)35-11-4-6-13-39(35)47-41/h2-14,16-18,20-23,25-27,42,45H,1,15,19,24H2/b9-7+,31-8+. The highest BCUT2D eigenvalue weighted by atomic mass is 32.2. The molecule has 9 rings (SSSR count). The fraction of sp³-hybridized carbons (Fsp3) is 0.0909. The van der Waals surface area contributed by atoms with Crippen LogP contribution in [0.3, 0.4) is 0 Å². The molecule has 0 saturated carbocycles. The van der Waals surface area contributed by atoms with E-state index < -0.39 is 0 Å². The van der Waals surface area contributed by atoms with E-state index in [1.54, 1.807) is 11.3 Å². The van der Waals surface area contributed by atoms with E-state index in [0.29, 0.717) is 5.25 Å². The molecule has 1 aliphatic carbocycles. The Morgan fingerprint density at radius 3 is 2.14 bits per heavy atom. The molecule has 0 amide bonds. The molecule has 0 fully saturated rings. The Labute approximate surface area is 293 Å². The second-order valence-corrected chi connectivity index (χ2v) is 14.8. The van der Waals surface area contributed by atoms with E-state index in [1.165, 1.54) is 47.8 Å². The molecule has 3 nitrogen and oxygen atoms in total. The molecule has 1 atom stereocenters. The molecule has 4 aromatic carbocycles. The number of para-hydroxylation sites is 2. The van der Waals surface area contributed by atoms with Gasteiger partial charge < -0.3 is 14.2 Å². The molecular weight excluding hydrogens is 639 g/mol. The molecule has 0 radical (unpaired) electrons. The summed E-state index contributed by atoms with van der Waals surface area (Å²) in [5.41, 5.74) is 9.95. The van der Waals surface area contributed by atoms with Gasteiger partial charge in [-0.1, -0.05) is 72.8 Å². The number of benzene rings is 4. The SMILES string of the molecule is C=C/C(=C\C=C\c1ccc(-c2ccc3oc4ccccc4c3c2)s1)NC1=CC=C(C2CC=C(c3ccc4oc5ccccc5c4c3)S2)CC1. The number of thiophene rings is 1. The lowest BCUT2D eigenvalue weighted by Crippen LogP contribution is -2.15. The molecule has 7 aromatic rings. The number of nitrogens with one attached hydrogen (secondary N) is 1. The van der Waals surface area contributed by atoms with E-state index in [4.69, 9.17) is 8.83 Å². The van der Waals surface area contributed by atoms with Crippen LogP contribution in [0.4, 0.5) is 0 Å². The Hall–Kier alpha value is -5.23. The largest absolute Gasteiger partial charge is 0.456 e. The maximum atomic E-state index is 6.04. The van der Waals surface area contributed by atoms with Crippen molar-refractivity contribution < 1.29 is 8.83 Å². The third-order valence-electron chi connectivity index (χ3n) is 9.39. The van der Waals surface area contributed by atoms with Gasteiger partial charge in [0.1, 0.15) is 22.3 Å². The zero-order chi connectivity index (χ0) is 32.7. The second-order valence-electron chi connectivity index (χ2n) is 12.5. The second kappa shape index (κ2) is 12.7. The van der Waals surface area contributed by atoms with E-state index in [9.17, 15) is 0 Å². The monoisotopic (exact) mass is 671 g/mol. The van der Waals surface area contributed by atoms with Gasteiger partial charge in [0.2, 0.25) is 0 Å². The predicted molar refractivity (Wildman–Crippen MR) is 211 cm³/mol. The molecule has 4 heterocycles. The molecule has 49 heavy (non-hydrogen) atoms. The molecule has 1 N–H and O–H groups in total. The third-order valence-corrected chi connectivity index (χ3v) is 11.9. The summed E-state index contributed by atoms with van der Waals surface area (Å²) < 4.78 is 12.1. The van der Waals surface area contributed by atoms with Crippen LogP contribution in [0.1, 0.15) is 29.7 Å². The highest BCUT2D eigenvalue weighted by molar-refractivity contribution is 8.09. The van der Waals surface area contributed by atoms with Crippen LogP contribution >= 0.6 is 23.1 Å². The number of furan rings is 2. The fourth-order valence-corrected chi connectivity index (χ4v) is 9.07. The predicted octanol–water partition coefficient (Wildman–Crippen LogP) is 13.0. The lowest BCUT2D eigenvalue weighted by molar-refractivity contribution is 0.668. The van der Waals surface area contributed by atoms with Crippen LogP contribution in [0.25, 0.3) is 65.3 Å². The maximum absolute atomic E-state index is 6.04. The fourth-order valence-electron chi connectivity index (χ4n) is 6.85. The first-order chi connectivity index (χ1) is 24.2. The van der Waals surface area contributed by atoms with Crippen LogP contribution < -0.4 is 5.32 Å². The summed E-state index contributed by atoms with van der Waals surface area (Å²) in [4.78, 5) is 3.81. The van der Waals surface area contributed by atoms with E-state index in [2.05, 4.69) is 121 Å². The average Bonchev–Trinajstić information content (AvgIpc) is 3.96. The van der Waals surface area contributed by atoms with E-state index in [0.717, 1.165) is 58.1 Å². The Balaban J connectivity index is 0.841. The quantitative estimate of drug-likeness (QED) is 0.163. The highest BCUT2D eigenvalue weighted by Gasteiger charge is 2.24. The van der Waals surface area contributed by atoms with Gasteiger partial charge in [-0.25, -0.2) is 0 Å². The number of thioether (sulfide) groups is 1. The van der Waals surface area contributed by atoms with Crippen molar-refractivity contribution in [1.29, 1.82) is 0 Å². The van der Waals surface area contributed by atoms with Gasteiger partial charge in [0, 0.05) is 52.8 Å². The van der Waals surface area contributed by atoms with Crippen molar-refractivity contribution in [2.24, 2.45) is 0 Å². The minimum atomic E-state index is 0.485. The molecule has 0 bridgehead atoms. The molecule has 2 aliphatic rings. The van der Waals surface area contributed by atoms with E-state index >= 15 is 0 Å². The first-order valence-corrected chi connectivity index (χ1v) is 18.4. The summed E-state index contributed by atoms with van der Waals surface area (Å²) in [6.07, 6.45) is 18.3. The lowest BCUT2D eigenvalue weighted by atomic mass is 9.97. The molecule has 5 heteroatoms. The zero-order valence-corrected chi connectivity index (χ0v) is 28.5. The minimum absolute atomic E-state index is 0.485. The first kappa shape index (κ1) is 29.9. The summed E-state index contributed by atoms with van der Waals surface area (Å²) >= 11 is 3.78. The Morgan fingerprint density at radius 2 is 1.43 bits per heavy atom. The number of rotatable bonds is 8. The number of fused-ring (bicyclic) bond motifs is 6. The normalized spacial score (nSPS) is 16.9. The summed E-state index contributed by atoms with van der Waals surface area (Å²) in [6.45, 7) is 4.06. The van der Waals surface area contributed by atoms with Crippen molar-refractivity contribution in [1.82, 2.24) is 5.32 Å². The van der Waals surface area contributed by atoms with Gasteiger partial charge in [-0.2, -0.15) is 0 Å². The highest BCUT2D eigenvalue weighted by Crippen LogP contribution is 2.45. The molecule has 0 saturated heterocycles. The summed E-state index contributed by atoms with van der Waals surface area (Å²) in [6, 6.07) is 33.9. The van der Waals surface area contributed by atoms with Crippen molar-refractivity contribution >= 4 is 78.0 Å². The molecule has 1 unspecified atom stereocenters. The lowest BCUT2D eigenvalue weighted by Gasteiger charge is -2.21. The molecule has 238 valence electrons. The zero-order valence-electron chi connectivity index (χ0n) is 26.8. The number of hydrogen-bond acceptors (Lipinski definition) is 5. The van der Waals surface area contributed by atoms with Crippen molar-refractivity contribution in [3.63, 3.8) is 0 Å². The Bertz CT molecular complexity index is 2570. The van der Waals surface area contributed by atoms with Crippen LogP contribution in [-0.4, -0.2) is 5.25 Å². The first-order valence-electron chi connectivity index (χ1n) is 16.7. The van der Waals surface area contributed by atoms with E-state index in [1.807, 2.05) is 42.1 Å². The van der Waals surface area contributed by atoms with Crippen LogP contribution in [0, 0.1) is 0 Å². The summed E-state index contributed by atoms with van der Waals surface area (Å²) in [5, 5.41) is 8.76. The van der Waals surface area contributed by atoms with Crippen molar-refractivity contribution in [2.45, 2.75) is 24.5 Å². The summed E-state index contributed by atoms with van der Waals surface area (Å²) in [5.74, 6) is 0. The van der Waals surface area contributed by atoms with Gasteiger partial charge in [0.25, 0.3) is 0 Å². The van der Waals surface area contributed by atoms with Crippen molar-refractivity contribution in [3.8, 4) is 10.4 Å². The van der Waals surface area contributed by atoms with Crippen molar-refractivity contribution in [3.05, 3.63) is 168 Å². The van der Waals surface area contributed by atoms with Crippen LogP contribution in [0.15, 0.2) is 166 Å². The minimum Gasteiger partial charge on any atom is -0.456 e. The van der Waals surface area contributed by atoms with Gasteiger partial charge in [-0.05, 0) is 109 Å². The van der Waals surface area contributed by atoms with Gasteiger partial charge in [0.05, 0.1) is 0 Å². The molecule has 0 spiro atoms. The Morgan fingerprint density at radius 1 is 0.735 bits per heavy atom.